The van der Waals surface area contributed by atoms with Crippen molar-refractivity contribution in [2.24, 2.45) is 11.3 Å². The zero-order valence-electron chi connectivity index (χ0n) is 10.9. The van der Waals surface area contributed by atoms with E-state index < -0.39 is 0 Å². The number of alkyl halides is 1. The SMILES string of the molecule is CC(C)(C)C1CCN(c2nc(CCl)co2)CC1. The maximum atomic E-state index is 5.72. The van der Waals surface area contributed by atoms with Crippen molar-refractivity contribution >= 4 is 17.6 Å². The highest BCUT2D eigenvalue weighted by atomic mass is 35.5. The van der Waals surface area contributed by atoms with Crippen LogP contribution < -0.4 is 4.90 Å². The maximum Gasteiger partial charge on any atom is 0.297 e. The van der Waals surface area contributed by atoms with E-state index in [1.165, 1.54) is 12.8 Å². The van der Waals surface area contributed by atoms with E-state index in [0.717, 1.165) is 30.7 Å². The number of aromatic nitrogens is 1. The first-order valence-electron chi connectivity index (χ1n) is 6.26. The van der Waals surface area contributed by atoms with Crippen LogP contribution in [-0.4, -0.2) is 18.1 Å². The molecule has 1 aliphatic rings. The molecule has 4 heteroatoms. The largest absolute Gasteiger partial charge is 0.432 e. The molecule has 96 valence electrons. The van der Waals surface area contributed by atoms with Crippen LogP contribution in [0.3, 0.4) is 0 Å². The van der Waals surface area contributed by atoms with Gasteiger partial charge in [0, 0.05) is 13.1 Å². The Kier molecular flexibility index (Phi) is 3.67. The lowest BCUT2D eigenvalue weighted by Gasteiger charge is -2.38. The quantitative estimate of drug-likeness (QED) is 0.756. The summed E-state index contributed by atoms with van der Waals surface area (Å²) in [4.78, 5) is 6.59. The van der Waals surface area contributed by atoms with Crippen molar-refractivity contribution in [3.05, 3.63) is 12.0 Å². The minimum absolute atomic E-state index is 0.407. The fourth-order valence-corrected chi connectivity index (χ4v) is 2.56. The Morgan fingerprint density at radius 3 is 2.53 bits per heavy atom. The molecule has 2 heterocycles. The van der Waals surface area contributed by atoms with Gasteiger partial charge in [0.1, 0.15) is 6.26 Å². The second-order valence-electron chi connectivity index (χ2n) is 5.88. The molecule has 1 saturated heterocycles. The summed E-state index contributed by atoms with van der Waals surface area (Å²) in [5.41, 5.74) is 1.23. The highest BCUT2D eigenvalue weighted by molar-refractivity contribution is 6.16. The number of anilines is 1. The fourth-order valence-electron chi connectivity index (χ4n) is 2.44. The fraction of sp³-hybridized carbons (Fsp3) is 0.769. The number of piperidine rings is 1. The third-order valence-corrected chi connectivity index (χ3v) is 3.94. The van der Waals surface area contributed by atoms with Crippen LogP contribution in [0.15, 0.2) is 10.7 Å². The molecule has 0 aliphatic carbocycles. The topological polar surface area (TPSA) is 29.3 Å². The summed E-state index contributed by atoms with van der Waals surface area (Å²) in [5, 5.41) is 0. The second-order valence-corrected chi connectivity index (χ2v) is 6.15. The predicted octanol–water partition coefficient (Wildman–Crippen LogP) is 3.68. The van der Waals surface area contributed by atoms with Gasteiger partial charge in [0.25, 0.3) is 6.01 Å². The van der Waals surface area contributed by atoms with Gasteiger partial charge in [-0.2, -0.15) is 4.98 Å². The first-order valence-corrected chi connectivity index (χ1v) is 6.79. The van der Waals surface area contributed by atoms with E-state index in [-0.39, 0.29) is 0 Å². The van der Waals surface area contributed by atoms with E-state index in [1.807, 2.05) is 0 Å². The molecule has 3 nitrogen and oxygen atoms in total. The first kappa shape index (κ1) is 12.7. The Balaban J connectivity index is 1.95. The van der Waals surface area contributed by atoms with Crippen molar-refractivity contribution in [2.75, 3.05) is 18.0 Å². The second kappa shape index (κ2) is 4.89. The molecule has 1 fully saturated rings. The Hall–Kier alpha value is -0.700. The lowest BCUT2D eigenvalue weighted by molar-refractivity contribution is 0.196. The molecule has 0 N–H and O–H groups in total. The van der Waals surface area contributed by atoms with Crippen LogP contribution in [0.1, 0.15) is 39.3 Å². The summed E-state index contributed by atoms with van der Waals surface area (Å²) in [6, 6.07) is 0.730. The van der Waals surface area contributed by atoms with Gasteiger partial charge in [0.05, 0.1) is 11.6 Å². The van der Waals surface area contributed by atoms with Crippen molar-refractivity contribution < 1.29 is 4.42 Å². The summed E-state index contributed by atoms with van der Waals surface area (Å²) < 4.78 is 5.45. The average Bonchev–Trinajstić information content (AvgIpc) is 2.76. The zero-order chi connectivity index (χ0) is 12.5. The van der Waals surface area contributed by atoms with Gasteiger partial charge in [0.15, 0.2) is 0 Å². The van der Waals surface area contributed by atoms with Gasteiger partial charge in [0.2, 0.25) is 0 Å². The van der Waals surface area contributed by atoms with Crippen LogP contribution in [0.2, 0.25) is 0 Å². The van der Waals surface area contributed by atoms with E-state index >= 15 is 0 Å². The Labute approximate surface area is 108 Å². The van der Waals surface area contributed by atoms with Gasteiger partial charge in [-0.05, 0) is 24.2 Å². The van der Waals surface area contributed by atoms with Crippen LogP contribution in [-0.2, 0) is 5.88 Å². The van der Waals surface area contributed by atoms with Crippen molar-refractivity contribution in [3.63, 3.8) is 0 Å². The number of hydrogen-bond donors (Lipinski definition) is 0. The molecule has 0 radical (unpaired) electrons. The monoisotopic (exact) mass is 256 g/mol. The van der Waals surface area contributed by atoms with Crippen LogP contribution in [0, 0.1) is 11.3 Å². The number of oxazole rings is 1. The molecule has 0 aromatic carbocycles. The molecule has 0 saturated carbocycles. The molecule has 0 atom stereocenters. The first-order chi connectivity index (χ1) is 8.00. The Morgan fingerprint density at radius 2 is 2.06 bits per heavy atom. The van der Waals surface area contributed by atoms with Gasteiger partial charge < -0.3 is 9.32 Å². The number of halogens is 1. The smallest absolute Gasteiger partial charge is 0.297 e. The summed E-state index contributed by atoms with van der Waals surface area (Å²) in [6.45, 7) is 9.03. The Morgan fingerprint density at radius 1 is 1.41 bits per heavy atom. The molecular weight excluding hydrogens is 236 g/mol. The molecule has 0 amide bonds. The minimum atomic E-state index is 0.407. The molecule has 1 aliphatic heterocycles. The van der Waals surface area contributed by atoms with Gasteiger partial charge in [-0.15, -0.1) is 11.6 Å². The number of nitrogens with zero attached hydrogens (tertiary/aromatic N) is 2. The van der Waals surface area contributed by atoms with E-state index in [4.69, 9.17) is 16.0 Å². The standard InChI is InChI=1S/C13H21ClN2O/c1-13(2,3)10-4-6-16(7-5-10)12-15-11(8-14)9-17-12/h9-10H,4-8H2,1-3H3. The van der Waals surface area contributed by atoms with E-state index in [0.29, 0.717) is 11.3 Å². The third kappa shape index (κ3) is 2.95. The lowest BCUT2D eigenvalue weighted by atomic mass is 9.75. The van der Waals surface area contributed by atoms with Crippen molar-refractivity contribution in [1.82, 2.24) is 4.98 Å². The summed E-state index contributed by atoms with van der Waals surface area (Å²) in [5.74, 6) is 1.21. The molecular formula is C13H21ClN2O. The highest BCUT2D eigenvalue weighted by Gasteiger charge is 2.29. The van der Waals surface area contributed by atoms with Gasteiger partial charge >= 0.3 is 0 Å². The molecule has 1 aromatic heterocycles. The average molecular weight is 257 g/mol. The van der Waals surface area contributed by atoms with Crippen LogP contribution in [0.4, 0.5) is 6.01 Å². The van der Waals surface area contributed by atoms with E-state index in [1.54, 1.807) is 6.26 Å². The third-order valence-electron chi connectivity index (χ3n) is 3.67. The number of hydrogen-bond acceptors (Lipinski definition) is 3. The van der Waals surface area contributed by atoms with Crippen LogP contribution >= 0.6 is 11.6 Å². The predicted molar refractivity (Wildman–Crippen MR) is 70.5 cm³/mol. The summed E-state index contributed by atoms with van der Waals surface area (Å²) >= 11 is 5.72. The van der Waals surface area contributed by atoms with Crippen molar-refractivity contribution in [1.29, 1.82) is 0 Å². The Bertz CT molecular complexity index is 362. The molecule has 1 aromatic rings. The molecule has 0 unspecified atom stereocenters. The van der Waals surface area contributed by atoms with Crippen LogP contribution in [0.5, 0.6) is 0 Å². The van der Waals surface area contributed by atoms with Crippen molar-refractivity contribution in [3.8, 4) is 0 Å². The van der Waals surface area contributed by atoms with Crippen LogP contribution in [0.25, 0.3) is 0 Å². The maximum absolute atomic E-state index is 5.72. The molecule has 0 bridgehead atoms. The highest BCUT2D eigenvalue weighted by Crippen LogP contribution is 2.35. The lowest BCUT2D eigenvalue weighted by Crippen LogP contribution is -2.38. The molecule has 0 spiro atoms. The zero-order valence-corrected chi connectivity index (χ0v) is 11.6. The number of rotatable bonds is 2. The molecule has 2 rings (SSSR count). The summed E-state index contributed by atoms with van der Waals surface area (Å²) in [7, 11) is 0. The van der Waals surface area contributed by atoms with Gasteiger partial charge in [-0.3, -0.25) is 0 Å². The van der Waals surface area contributed by atoms with Gasteiger partial charge in [-0.1, -0.05) is 20.8 Å². The minimum Gasteiger partial charge on any atom is -0.432 e. The normalized spacial score (nSPS) is 18.7. The molecule has 17 heavy (non-hydrogen) atoms. The summed E-state index contributed by atoms with van der Waals surface area (Å²) in [6.07, 6.45) is 4.07. The van der Waals surface area contributed by atoms with Crippen molar-refractivity contribution in [2.45, 2.75) is 39.5 Å². The van der Waals surface area contributed by atoms with Gasteiger partial charge in [-0.25, -0.2) is 0 Å². The van der Waals surface area contributed by atoms with E-state index in [9.17, 15) is 0 Å². The van der Waals surface area contributed by atoms with E-state index in [2.05, 4.69) is 30.7 Å².